The number of halogens is 1. The molecule has 6 heteroatoms. The fourth-order valence-electron chi connectivity index (χ4n) is 1.61. The quantitative estimate of drug-likeness (QED) is 0.754. The number of rotatable bonds is 6. The Labute approximate surface area is 111 Å². The van der Waals surface area contributed by atoms with Gasteiger partial charge >= 0.3 is 0 Å². The van der Waals surface area contributed by atoms with Crippen LogP contribution in [0.25, 0.3) is 0 Å². The molecule has 0 amide bonds. The normalized spacial score (nSPS) is 12.2. The highest BCUT2D eigenvalue weighted by molar-refractivity contribution is 7.80. The summed E-state index contributed by atoms with van der Waals surface area (Å²) in [5, 5.41) is 9.59. The lowest BCUT2D eigenvalue weighted by molar-refractivity contribution is 0.0695. The number of nitrogens with zero attached hydrogens (tertiary/aromatic N) is 1. The first-order valence-electron chi connectivity index (χ1n) is 5.43. The Kier molecular flexibility index (Phi) is 5.46. The Morgan fingerprint density at radius 1 is 1.61 bits per heavy atom. The molecule has 3 N–H and O–H groups in total. The Hall–Kier alpha value is -1.24. The van der Waals surface area contributed by atoms with E-state index in [1.807, 2.05) is 0 Å². The van der Waals surface area contributed by atoms with Crippen LogP contribution in [-0.2, 0) is 4.74 Å². The number of aliphatic hydroxyl groups is 1. The molecule has 0 bridgehead atoms. The third-order valence-corrected chi connectivity index (χ3v) is 2.72. The van der Waals surface area contributed by atoms with Gasteiger partial charge in [0.25, 0.3) is 0 Å². The number of benzene rings is 1. The number of hydrogen-bond acceptors (Lipinski definition) is 4. The summed E-state index contributed by atoms with van der Waals surface area (Å²) in [5.74, 6) is -0.465. The zero-order chi connectivity index (χ0) is 13.7. The standard InChI is InChI=1S/C12H17FN2O2S/c1-15(6-9(16)7-17-2)8-3-4-10(12(14)18)11(13)5-8/h3-5,9,16H,6-7H2,1-2H3,(H2,14,18). The van der Waals surface area contributed by atoms with Crippen LogP contribution in [0, 0.1) is 5.82 Å². The first-order valence-corrected chi connectivity index (χ1v) is 5.84. The van der Waals surface area contributed by atoms with Crippen LogP contribution in [0.2, 0.25) is 0 Å². The number of methoxy groups -OCH3 is 1. The van der Waals surface area contributed by atoms with Crippen LogP contribution in [0.5, 0.6) is 0 Å². The number of hydrogen-bond donors (Lipinski definition) is 2. The molecule has 0 fully saturated rings. The van der Waals surface area contributed by atoms with Gasteiger partial charge in [0.05, 0.1) is 12.7 Å². The third-order valence-electron chi connectivity index (χ3n) is 2.50. The monoisotopic (exact) mass is 272 g/mol. The van der Waals surface area contributed by atoms with Crippen molar-refractivity contribution in [1.82, 2.24) is 0 Å². The number of anilines is 1. The molecule has 1 aromatic carbocycles. The topological polar surface area (TPSA) is 58.7 Å². The van der Waals surface area contributed by atoms with Crippen molar-refractivity contribution in [2.24, 2.45) is 5.73 Å². The van der Waals surface area contributed by atoms with Crippen molar-refractivity contribution in [1.29, 1.82) is 0 Å². The molecule has 1 atom stereocenters. The zero-order valence-electron chi connectivity index (χ0n) is 10.4. The molecule has 0 spiro atoms. The van der Waals surface area contributed by atoms with Crippen molar-refractivity contribution in [3.05, 3.63) is 29.6 Å². The van der Waals surface area contributed by atoms with Gasteiger partial charge < -0.3 is 20.5 Å². The van der Waals surface area contributed by atoms with Crippen molar-refractivity contribution in [3.8, 4) is 0 Å². The maximum Gasteiger partial charge on any atom is 0.135 e. The molecule has 0 saturated carbocycles. The molecule has 0 aliphatic rings. The highest BCUT2D eigenvalue weighted by Crippen LogP contribution is 2.18. The molecule has 1 aromatic rings. The molecule has 1 unspecified atom stereocenters. The van der Waals surface area contributed by atoms with E-state index in [2.05, 4.69) is 0 Å². The number of aliphatic hydroxyl groups excluding tert-OH is 1. The Morgan fingerprint density at radius 2 is 2.28 bits per heavy atom. The fraction of sp³-hybridized carbons (Fsp3) is 0.417. The molecular formula is C12H17FN2O2S. The molecular weight excluding hydrogens is 255 g/mol. The van der Waals surface area contributed by atoms with Gasteiger partial charge in [-0.3, -0.25) is 0 Å². The number of nitrogens with two attached hydrogens (primary N) is 1. The first kappa shape index (κ1) is 14.8. The highest BCUT2D eigenvalue weighted by Gasteiger charge is 2.11. The molecule has 0 radical (unpaired) electrons. The minimum atomic E-state index is -0.627. The summed E-state index contributed by atoms with van der Waals surface area (Å²) in [6.07, 6.45) is -0.627. The van der Waals surface area contributed by atoms with Gasteiger partial charge in [-0.2, -0.15) is 0 Å². The lowest BCUT2D eigenvalue weighted by atomic mass is 10.1. The van der Waals surface area contributed by atoms with E-state index in [1.54, 1.807) is 18.0 Å². The van der Waals surface area contributed by atoms with Crippen LogP contribution >= 0.6 is 12.2 Å². The smallest absolute Gasteiger partial charge is 0.135 e. The van der Waals surface area contributed by atoms with Gasteiger partial charge in [-0.05, 0) is 18.2 Å². The van der Waals surface area contributed by atoms with Gasteiger partial charge in [-0.1, -0.05) is 12.2 Å². The summed E-state index contributed by atoms with van der Waals surface area (Å²) in [5.41, 5.74) is 6.25. The summed E-state index contributed by atoms with van der Waals surface area (Å²) in [4.78, 5) is 1.76. The van der Waals surface area contributed by atoms with E-state index in [9.17, 15) is 9.50 Å². The second kappa shape index (κ2) is 6.63. The van der Waals surface area contributed by atoms with E-state index in [0.717, 1.165) is 0 Å². The van der Waals surface area contributed by atoms with Crippen LogP contribution in [0.4, 0.5) is 10.1 Å². The van der Waals surface area contributed by atoms with E-state index in [0.29, 0.717) is 12.2 Å². The summed E-state index contributed by atoms with van der Waals surface area (Å²) in [6.45, 7) is 0.581. The Balaban J connectivity index is 2.78. The number of ether oxygens (including phenoxy) is 1. The fourth-order valence-corrected chi connectivity index (χ4v) is 1.77. The molecule has 0 heterocycles. The van der Waals surface area contributed by atoms with Crippen LogP contribution in [0.15, 0.2) is 18.2 Å². The predicted molar refractivity (Wildman–Crippen MR) is 73.4 cm³/mol. The lowest BCUT2D eigenvalue weighted by Crippen LogP contribution is -2.32. The van der Waals surface area contributed by atoms with Gasteiger partial charge in [0, 0.05) is 32.0 Å². The van der Waals surface area contributed by atoms with Gasteiger partial charge in [0.15, 0.2) is 0 Å². The lowest BCUT2D eigenvalue weighted by Gasteiger charge is -2.22. The van der Waals surface area contributed by atoms with Crippen LogP contribution < -0.4 is 10.6 Å². The first-order chi connectivity index (χ1) is 8.45. The maximum absolute atomic E-state index is 13.7. The predicted octanol–water partition coefficient (Wildman–Crippen LogP) is 0.903. The Morgan fingerprint density at radius 3 is 2.78 bits per heavy atom. The average molecular weight is 272 g/mol. The maximum atomic E-state index is 13.7. The van der Waals surface area contributed by atoms with Crippen LogP contribution in [0.3, 0.4) is 0 Å². The second-order valence-electron chi connectivity index (χ2n) is 4.02. The Bertz CT molecular complexity index is 429. The van der Waals surface area contributed by atoms with Gasteiger partial charge in [0.1, 0.15) is 10.8 Å². The molecule has 18 heavy (non-hydrogen) atoms. The zero-order valence-corrected chi connectivity index (χ0v) is 11.2. The largest absolute Gasteiger partial charge is 0.389 e. The highest BCUT2D eigenvalue weighted by atomic mass is 32.1. The molecule has 0 aromatic heterocycles. The molecule has 0 aliphatic heterocycles. The molecule has 4 nitrogen and oxygen atoms in total. The van der Waals surface area contributed by atoms with E-state index in [1.165, 1.54) is 19.2 Å². The molecule has 0 saturated heterocycles. The van der Waals surface area contributed by atoms with Crippen molar-refractivity contribution < 1.29 is 14.2 Å². The van der Waals surface area contributed by atoms with E-state index < -0.39 is 11.9 Å². The number of thiocarbonyl (C=S) groups is 1. The molecule has 100 valence electrons. The van der Waals surface area contributed by atoms with Crippen molar-refractivity contribution >= 4 is 22.9 Å². The summed E-state index contributed by atoms with van der Waals surface area (Å²) < 4.78 is 18.5. The second-order valence-corrected chi connectivity index (χ2v) is 4.46. The summed E-state index contributed by atoms with van der Waals surface area (Å²) in [7, 11) is 3.27. The molecule has 1 rings (SSSR count). The minimum absolute atomic E-state index is 0.0288. The van der Waals surface area contributed by atoms with E-state index >= 15 is 0 Å². The van der Waals surface area contributed by atoms with Crippen molar-refractivity contribution in [2.45, 2.75) is 6.10 Å². The summed E-state index contributed by atoms with van der Waals surface area (Å²) >= 11 is 4.73. The van der Waals surface area contributed by atoms with Crippen molar-refractivity contribution in [2.75, 3.05) is 32.2 Å². The van der Waals surface area contributed by atoms with Crippen molar-refractivity contribution in [3.63, 3.8) is 0 Å². The average Bonchev–Trinajstić information content (AvgIpc) is 2.28. The van der Waals surface area contributed by atoms with Gasteiger partial charge in [-0.15, -0.1) is 0 Å². The summed E-state index contributed by atoms with van der Waals surface area (Å²) in [6, 6.07) is 4.58. The minimum Gasteiger partial charge on any atom is -0.389 e. The number of likely N-dealkylation sites (N-methyl/N-ethyl adjacent to an activating group) is 1. The van der Waals surface area contributed by atoms with E-state index in [4.69, 9.17) is 22.7 Å². The van der Waals surface area contributed by atoms with E-state index in [-0.39, 0.29) is 17.2 Å². The SMILES string of the molecule is COCC(O)CN(C)c1ccc(C(N)=S)c(F)c1. The molecule has 0 aliphatic carbocycles. The van der Waals surface area contributed by atoms with Gasteiger partial charge in [-0.25, -0.2) is 4.39 Å². The third kappa shape index (κ3) is 3.90. The van der Waals surface area contributed by atoms with Crippen LogP contribution in [0.1, 0.15) is 5.56 Å². The van der Waals surface area contributed by atoms with Crippen LogP contribution in [-0.4, -0.2) is 43.5 Å². The van der Waals surface area contributed by atoms with Gasteiger partial charge in [0.2, 0.25) is 0 Å².